The number of rotatable bonds is 3. The Balaban J connectivity index is 2.16. The van der Waals surface area contributed by atoms with Crippen LogP contribution in [-0.2, 0) is 4.74 Å². The van der Waals surface area contributed by atoms with Crippen LogP contribution in [0.5, 0.6) is 0 Å². The molecule has 3 heterocycles. The zero-order valence-corrected chi connectivity index (χ0v) is 12.1. The van der Waals surface area contributed by atoms with Gasteiger partial charge in [-0.15, -0.1) is 0 Å². The number of nitrogen functional groups attached to an aromatic ring is 1. The van der Waals surface area contributed by atoms with E-state index in [1.807, 2.05) is 0 Å². The summed E-state index contributed by atoms with van der Waals surface area (Å²) in [7, 11) is 0. The van der Waals surface area contributed by atoms with E-state index >= 15 is 0 Å². The first-order valence-electron chi connectivity index (χ1n) is 6.50. The maximum atomic E-state index is 11.6. The fourth-order valence-corrected chi connectivity index (χ4v) is 2.85. The molecule has 3 rings (SSSR count). The van der Waals surface area contributed by atoms with Crippen molar-refractivity contribution in [3.8, 4) is 0 Å². The van der Waals surface area contributed by atoms with Crippen LogP contribution in [0, 0.1) is 0 Å². The van der Waals surface area contributed by atoms with E-state index in [9.17, 15) is 9.90 Å². The Morgan fingerprint density at radius 2 is 2.27 bits per heavy atom. The molecule has 0 radical (unpaired) electrons. The summed E-state index contributed by atoms with van der Waals surface area (Å²) in [5.41, 5.74) is 11.4. The van der Waals surface area contributed by atoms with E-state index in [0.29, 0.717) is 0 Å². The van der Waals surface area contributed by atoms with Gasteiger partial charge in [-0.05, 0) is 0 Å². The molecule has 1 aliphatic rings. The normalized spacial score (nSPS) is 25.0. The Morgan fingerprint density at radius 1 is 1.55 bits per heavy atom. The molecule has 0 aromatic carbocycles. The topological polar surface area (TPSA) is 150 Å². The van der Waals surface area contributed by atoms with Crippen LogP contribution in [0.4, 0.5) is 5.95 Å². The van der Waals surface area contributed by atoms with Gasteiger partial charge in [-0.25, -0.2) is 4.98 Å². The molecule has 9 nitrogen and oxygen atoms in total. The molecule has 1 saturated heterocycles. The highest BCUT2D eigenvalue weighted by Gasteiger charge is 2.36. The summed E-state index contributed by atoms with van der Waals surface area (Å²) in [6, 6.07) is 0. The Kier molecular flexibility index (Phi) is 3.65. The summed E-state index contributed by atoms with van der Waals surface area (Å²) in [5, 5.41) is 19.3. The summed E-state index contributed by atoms with van der Waals surface area (Å²) in [6.07, 6.45) is -0.528. The van der Waals surface area contributed by atoms with Crippen LogP contribution in [0.3, 0.4) is 0 Å². The fourth-order valence-electron chi connectivity index (χ4n) is 2.58. The average molecular weight is 328 g/mol. The third kappa shape index (κ3) is 2.28. The number of fused-ring (bicyclic) bond motifs is 1. The Bertz CT molecular complexity index is 749. The van der Waals surface area contributed by atoms with Crippen LogP contribution in [0.2, 0.25) is 5.15 Å². The van der Waals surface area contributed by atoms with Crippen molar-refractivity contribution in [1.29, 1.82) is 0 Å². The quantitative estimate of drug-likeness (QED) is 0.550. The van der Waals surface area contributed by atoms with Crippen LogP contribution >= 0.6 is 11.6 Å². The minimum atomic E-state index is -0.834. The molecular formula is C12H14ClN5O4. The second-order valence-electron chi connectivity index (χ2n) is 5.00. The molecule has 0 bridgehead atoms. The third-order valence-electron chi connectivity index (χ3n) is 3.60. The molecule has 0 aliphatic carbocycles. The maximum absolute atomic E-state index is 11.6. The molecule has 22 heavy (non-hydrogen) atoms. The first-order valence-corrected chi connectivity index (χ1v) is 6.88. The van der Waals surface area contributed by atoms with Crippen LogP contribution in [0.25, 0.3) is 11.0 Å². The first-order chi connectivity index (χ1) is 10.4. The van der Waals surface area contributed by atoms with E-state index in [1.165, 1.54) is 10.8 Å². The van der Waals surface area contributed by atoms with Gasteiger partial charge in [-0.3, -0.25) is 4.79 Å². The van der Waals surface area contributed by atoms with Crippen LogP contribution in [-0.4, -0.2) is 49.5 Å². The highest BCUT2D eigenvalue weighted by molar-refractivity contribution is 6.35. The molecule has 1 fully saturated rings. The number of hydrogen-bond donors (Lipinski definition) is 4. The summed E-state index contributed by atoms with van der Waals surface area (Å²) in [4.78, 5) is 19.5. The number of ether oxygens (including phenoxy) is 1. The molecule has 0 spiro atoms. The Labute approximate surface area is 129 Å². The van der Waals surface area contributed by atoms with Crippen molar-refractivity contribution >= 4 is 34.5 Å². The molecule has 0 saturated carbocycles. The Hall–Kier alpha value is -1.94. The number of hydrogen-bond acceptors (Lipinski definition) is 7. The minimum absolute atomic E-state index is 0.00676. The SMILES string of the molecule is NC(=O)c1cn(C2CC(O)C(CO)O2)c2nc(N)nc(Cl)c12. The van der Waals surface area contributed by atoms with Crippen LogP contribution in [0.1, 0.15) is 23.0 Å². The lowest BCUT2D eigenvalue weighted by molar-refractivity contribution is -0.0430. The van der Waals surface area contributed by atoms with Crippen molar-refractivity contribution in [3.05, 3.63) is 16.9 Å². The van der Waals surface area contributed by atoms with Gasteiger partial charge in [0.05, 0.1) is 23.7 Å². The number of halogens is 1. The number of carbonyl (C=O) groups is 1. The average Bonchev–Trinajstić information content (AvgIpc) is 2.99. The maximum Gasteiger partial charge on any atom is 0.251 e. The lowest BCUT2D eigenvalue weighted by Gasteiger charge is -2.14. The van der Waals surface area contributed by atoms with Gasteiger partial charge in [-0.2, -0.15) is 4.98 Å². The number of anilines is 1. The van der Waals surface area contributed by atoms with Gasteiger partial charge in [0.25, 0.3) is 5.91 Å². The van der Waals surface area contributed by atoms with Crippen molar-refractivity contribution in [2.45, 2.75) is 24.9 Å². The molecule has 3 unspecified atom stereocenters. The Morgan fingerprint density at radius 3 is 2.86 bits per heavy atom. The lowest BCUT2D eigenvalue weighted by atomic mass is 10.2. The second-order valence-corrected chi connectivity index (χ2v) is 5.36. The first kappa shape index (κ1) is 15.0. The van der Waals surface area contributed by atoms with Crippen LogP contribution in [0.15, 0.2) is 6.20 Å². The van der Waals surface area contributed by atoms with Crippen molar-refractivity contribution in [2.75, 3.05) is 12.3 Å². The largest absolute Gasteiger partial charge is 0.394 e. The van der Waals surface area contributed by atoms with E-state index in [-0.39, 0.29) is 40.7 Å². The lowest BCUT2D eigenvalue weighted by Crippen LogP contribution is -2.24. The predicted octanol–water partition coefficient (Wildman–Crippen LogP) is -0.594. The molecule has 118 valence electrons. The number of aromatic nitrogens is 3. The number of amides is 1. The molecule has 1 aliphatic heterocycles. The van der Waals surface area contributed by atoms with Gasteiger partial charge < -0.3 is 31.0 Å². The smallest absolute Gasteiger partial charge is 0.251 e. The van der Waals surface area contributed by atoms with Gasteiger partial charge in [0.1, 0.15) is 23.1 Å². The highest BCUT2D eigenvalue weighted by atomic mass is 35.5. The van der Waals surface area contributed by atoms with Gasteiger partial charge in [-0.1, -0.05) is 11.6 Å². The molecule has 3 atom stereocenters. The zero-order valence-electron chi connectivity index (χ0n) is 11.3. The number of aliphatic hydroxyl groups excluding tert-OH is 2. The van der Waals surface area contributed by atoms with Crippen LogP contribution < -0.4 is 11.5 Å². The van der Waals surface area contributed by atoms with Crippen molar-refractivity contribution in [2.24, 2.45) is 5.73 Å². The van der Waals surface area contributed by atoms with Gasteiger partial charge in [0.15, 0.2) is 0 Å². The van der Waals surface area contributed by atoms with Gasteiger partial charge in [0.2, 0.25) is 5.95 Å². The summed E-state index contributed by atoms with van der Waals surface area (Å²) in [5.74, 6) is -0.763. The zero-order chi connectivity index (χ0) is 16.0. The molecule has 6 N–H and O–H groups in total. The van der Waals surface area contributed by atoms with E-state index in [2.05, 4.69) is 9.97 Å². The monoisotopic (exact) mass is 327 g/mol. The number of nitrogens with two attached hydrogens (primary N) is 2. The van der Waals surface area contributed by atoms with Gasteiger partial charge >= 0.3 is 0 Å². The highest BCUT2D eigenvalue weighted by Crippen LogP contribution is 2.34. The molecule has 10 heteroatoms. The van der Waals surface area contributed by atoms with Crippen molar-refractivity contribution in [3.63, 3.8) is 0 Å². The minimum Gasteiger partial charge on any atom is -0.394 e. The standard InChI is InChI=1S/C12H14ClN5O4/c13-9-8-4(10(14)21)2-18(11(8)17-12(15)16-9)7-1-5(20)6(3-19)22-7/h2,5-7,19-20H,1,3H2,(H2,14,21)(H2,15,16,17). The summed E-state index contributed by atoms with van der Waals surface area (Å²) >= 11 is 6.03. The molecule has 2 aromatic heterocycles. The molecular weight excluding hydrogens is 314 g/mol. The fraction of sp³-hybridized carbons (Fsp3) is 0.417. The molecule has 2 aromatic rings. The van der Waals surface area contributed by atoms with E-state index in [4.69, 9.17) is 32.9 Å². The number of carbonyl (C=O) groups excluding carboxylic acids is 1. The van der Waals surface area contributed by atoms with E-state index < -0.39 is 24.3 Å². The van der Waals surface area contributed by atoms with E-state index in [1.54, 1.807) is 0 Å². The van der Waals surface area contributed by atoms with Gasteiger partial charge in [0, 0.05) is 12.6 Å². The predicted molar refractivity (Wildman–Crippen MR) is 77.1 cm³/mol. The number of primary amides is 1. The van der Waals surface area contributed by atoms with E-state index in [0.717, 1.165) is 0 Å². The second kappa shape index (κ2) is 5.36. The number of aliphatic hydroxyl groups is 2. The number of nitrogens with zero attached hydrogens (tertiary/aromatic N) is 3. The molecule has 1 amide bonds. The van der Waals surface area contributed by atoms with Crippen molar-refractivity contribution < 1.29 is 19.7 Å². The van der Waals surface area contributed by atoms with Crippen molar-refractivity contribution in [1.82, 2.24) is 14.5 Å². The summed E-state index contributed by atoms with van der Waals surface area (Å²) in [6.45, 7) is -0.322. The summed E-state index contributed by atoms with van der Waals surface area (Å²) < 4.78 is 7.07. The third-order valence-corrected chi connectivity index (χ3v) is 3.88.